The summed E-state index contributed by atoms with van der Waals surface area (Å²) in [4.78, 5) is 35.7. The average molecular weight is 359 g/mol. The number of carboxylic acid groups (broad SMARTS) is 1. The van der Waals surface area contributed by atoms with Gasteiger partial charge in [-0.3, -0.25) is 14.5 Å². The van der Waals surface area contributed by atoms with E-state index in [1.54, 1.807) is 13.8 Å². The number of benzene rings is 1. The number of aliphatic carboxylic acids is 1. The van der Waals surface area contributed by atoms with E-state index in [-0.39, 0.29) is 5.69 Å². The minimum absolute atomic E-state index is 0.107. The lowest BCUT2D eigenvalue weighted by Gasteiger charge is -2.33. The lowest BCUT2D eigenvalue weighted by Crippen LogP contribution is -2.53. The summed E-state index contributed by atoms with van der Waals surface area (Å²) in [5, 5.41) is 12.6. The van der Waals surface area contributed by atoms with Crippen LogP contribution in [0.5, 0.6) is 0 Å². The van der Waals surface area contributed by atoms with Gasteiger partial charge in [-0.2, -0.15) is 13.2 Å². The Hall–Kier alpha value is -2.58. The van der Waals surface area contributed by atoms with Crippen molar-refractivity contribution in [1.82, 2.24) is 5.32 Å². The number of alkyl halides is 3. The Kier molecular flexibility index (Phi) is 6.55. The van der Waals surface area contributed by atoms with Gasteiger partial charge in [0.15, 0.2) is 0 Å². The van der Waals surface area contributed by atoms with Crippen LogP contribution in [0, 0.1) is 5.92 Å². The molecule has 138 valence electrons. The van der Waals surface area contributed by atoms with Crippen molar-refractivity contribution in [3.63, 3.8) is 0 Å². The van der Waals surface area contributed by atoms with Crippen LogP contribution in [0.4, 0.5) is 18.9 Å². The van der Waals surface area contributed by atoms with Gasteiger partial charge in [-0.15, -0.1) is 0 Å². The van der Waals surface area contributed by atoms with E-state index in [9.17, 15) is 32.7 Å². The normalized spacial score (nSPS) is 12.6. The van der Waals surface area contributed by atoms with Crippen molar-refractivity contribution in [2.24, 2.45) is 5.92 Å². The third-order valence-electron chi connectivity index (χ3n) is 3.38. The molecule has 1 rings (SSSR count). The zero-order valence-electron chi connectivity index (χ0n) is 13.9. The number of nitrogens with zero attached hydrogens (tertiary/aromatic N) is 1. The Morgan fingerprint density at radius 3 is 2.28 bits per heavy atom. The fourth-order valence-corrected chi connectivity index (χ4v) is 2.35. The SMILES string of the molecule is CC(=O)N(c1cccc(C(F)(F)F)c1)C(C(=O)NCC(=O)[O-])C(C)C. The number of carbonyl (C=O) groups is 3. The standard InChI is InChI=1S/C16H19F3N2O4/c1-9(2)14(15(25)20-8-13(23)24)21(10(3)22)12-6-4-5-11(7-12)16(17,18)19/h4-7,9,14H,8H2,1-3H3,(H,20,25)(H,23,24)/p-1. The van der Waals surface area contributed by atoms with E-state index in [1.165, 1.54) is 6.07 Å². The van der Waals surface area contributed by atoms with E-state index in [1.807, 2.05) is 0 Å². The predicted molar refractivity (Wildman–Crippen MR) is 81.2 cm³/mol. The van der Waals surface area contributed by atoms with Gasteiger partial charge in [0.05, 0.1) is 18.1 Å². The van der Waals surface area contributed by atoms with Gasteiger partial charge in [-0.25, -0.2) is 0 Å². The van der Waals surface area contributed by atoms with Crippen LogP contribution in [0.25, 0.3) is 0 Å². The maximum absolute atomic E-state index is 12.9. The van der Waals surface area contributed by atoms with Crippen LogP contribution in [-0.4, -0.2) is 30.4 Å². The fourth-order valence-electron chi connectivity index (χ4n) is 2.35. The molecule has 0 bridgehead atoms. The number of nitrogens with one attached hydrogen (secondary N) is 1. The Morgan fingerprint density at radius 2 is 1.84 bits per heavy atom. The van der Waals surface area contributed by atoms with Crippen molar-refractivity contribution in [3.05, 3.63) is 29.8 Å². The molecule has 9 heteroatoms. The molecule has 25 heavy (non-hydrogen) atoms. The predicted octanol–water partition coefficient (Wildman–Crippen LogP) is 0.949. The van der Waals surface area contributed by atoms with E-state index >= 15 is 0 Å². The lowest BCUT2D eigenvalue weighted by molar-refractivity contribution is -0.304. The molecule has 0 saturated heterocycles. The van der Waals surface area contributed by atoms with Crippen LogP contribution >= 0.6 is 0 Å². The van der Waals surface area contributed by atoms with Crippen LogP contribution < -0.4 is 15.3 Å². The molecular formula is C16H18F3N2O4-. The molecule has 0 aliphatic carbocycles. The summed E-state index contributed by atoms with van der Waals surface area (Å²) in [5.74, 6) is -3.46. The Bertz CT molecular complexity index is 659. The molecule has 0 heterocycles. The Morgan fingerprint density at radius 1 is 1.24 bits per heavy atom. The fraction of sp³-hybridized carbons (Fsp3) is 0.438. The van der Waals surface area contributed by atoms with Gasteiger partial charge in [-0.1, -0.05) is 19.9 Å². The van der Waals surface area contributed by atoms with Crippen molar-refractivity contribution < 1.29 is 32.7 Å². The maximum Gasteiger partial charge on any atom is 0.416 e. The summed E-state index contributed by atoms with van der Waals surface area (Å²) in [6, 6.07) is 2.84. The topological polar surface area (TPSA) is 89.5 Å². The largest absolute Gasteiger partial charge is 0.548 e. The van der Waals surface area contributed by atoms with Gasteiger partial charge >= 0.3 is 6.18 Å². The van der Waals surface area contributed by atoms with Crippen LogP contribution in [0.3, 0.4) is 0 Å². The molecule has 0 spiro atoms. The summed E-state index contributed by atoms with van der Waals surface area (Å²) in [6.07, 6.45) is -4.61. The molecule has 1 N–H and O–H groups in total. The molecule has 0 saturated carbocycles. The zero-order chi connectivity index (χ0) is 19.4. The molecule has 0 aliphatic rings. The van der Waals surface area contributed by atoms with E-state index in [0.717, 1.165) is 30.0 Å². The number of amides is 2. The quantitative estimate of drug-likeness (QED) is 0.819. The van der Waals surface area contributed by atoms with Gasteiger partial charge in [0, 0.05) is 12.6 Å². The van der Waals surface area contributed by atoms with E-state index < -0.39 is 48.0 Å². The van der Waals surface area contributed by atoms with Gasteiger partial charge in [0.25, 0.3) is 0 Å². The lowest BCUT2D eigenvalue weighted by atomic mass is 10.00. The molecule has 1 aromatic carbocycles. The molecule has 1 atom stereocenters. The first-order chi connectivity index (χ1) is 11.4. The van der Waals surface area contributed by atoms with Crippen molar-refractivity contribution in [3.8, 4) is 0 Å². The maximum atomic E-state index is 12.9. The first kappa shape index (κ1) is 20.5. The number of carboxylic acids is 1. The van der Waals surface area contributed by atoms with Gasteiger partial charge in [0.1, 0.15) is 6.04 Å². The zero-order valence-corrected chi connectivity index (χ0v) is 13.9. The van der Waals surface area contributed by atoms with Crippen molar-refractivity contribution in [1.29, 1.82) is 0 Å². The van der Waals surface area contributed by atoms with Crippen molar-refractivity contribution >= 4 is 23.5 Å². The number of carbonyl (C=O) groups excluding carboxylic acids is 3. The smallest absolute Gasteiger partial charge is 0.416 e. The second-order valence-corrected chi connectivity index (χ2v) is 5.72. The second kappa shape index (κ2) is 8.00. The summed E-state index contributed by atoms with van der Waals surface area (Å²) in [6.45, 7) is 3.53. The molecule has 2 amide bonds. The average Bonchev–Trinajstić information content (AvgIpc) is 2.48. The highest BCUT2D eigenvalue weighted by molar-refractivity contribution is 6.00. The van der Waals surface area contributed by atoms with Crippen LogP contribution in [-0.2, 0) is 20.6 Å². The van der Waals surface area contributed by atoms with E-state index in [0.29, 0.717) is 0 Å². The molecule has 0 aliphatic heterocycles. The molecule has 0 aromatic heterocycles. The van der Waals surface area contributed by atoms with Crippen LogP contribution in [0.1, 0.15) is 26.3 Å². The number of hydrogen-bond donors (Lipinski definition) is 1. The number of rotatable bonds is 6. The number of hydrogen-bond acceptors (Lipinski definition) is 4. The third kappa shape index (κ3) is 5.47. The van der Waals surface area contributed by atoms with Crippen molar-refractivity contribution in [2.75, 3.05) is 11.4 Å². The minimum atomic E-state index is -4.61. The Labute approximate surface area is 142 Å². The molecule has 1 unspecified atom stereocenters. The highest BCUT2D eigenvalue weighted by atomic mass is 19.4. The van der Waals surface area contributed by atoms with Crippen LogP contribution in [0.2, 0.25) is 0 Å². The molecule has 6 nitrogen and oxygen atoms in total. The number of halogens is 3. The first-order valence-electron chi connectivity index (χ1n) is 7.39. The third-order valence-corrected chi connectivity index (χ3v) is 3.38. The highest BCUT2D eigenvalue weighted by Crippen LogP contribution is 2.32. The minimum Gasteiger partial charge on any atom is -0.548 e. The molecule has 1 aromatic rings. The van der Waals surface area contributed by atoms with Gasteiger partial charge in [0.2, 0.25) is 11.8 Å². The van der Waals surface area contributed by atoms with E-state index in [2.05, 4.69) is 5.32 Å². The monoisotopic (exact) mass is 359 g/mol. The highest BCUT2D eigenvalue weighted by Gasteiger charge is 2.35. The van der Waals surface area contributed by atoms with Gasteiger partial charge in [-0.05, 0) is 24.1 Å². The Balaban J connectivity index is 3.29. The van der Waals surface area contributed by atoms with Gasteiger partial charge < -0.3 is 15.2 Å². The summed E-state index contributed by atoms with van der Waals surface area (Å²) in [5.41, 5.74) is -1.07. The molecular weight excluding hydrogens is 341 g/mol. The molecule has 0 radical (unpaired) electrons. The summed E-state index contributed by atoms with van der Waals surface area (Å²) >= 11 is 0. The summed E-state index contributed by atoms with van der Waals surface area (Å²) < 4.78 is 38.7. The van der Waals surface area contributed by atoms with E-state index in [4.69, 9.17) is 0 Å². The first-order valence-corrected chi connectivity index (χ1v) is 7.39. The summed E-state index contributed by atoms with van der Waals surface area (Å²) in [7, 11) is 0. The number of anilines is 1. The van der Waals surface area contributed by atoms with Crippen molar-refractivity contribution in [2.45, 2.75) is 33.0 Å². The van der Waals surface area contributed by atoms with Crippen LogP contribution in [0.15, 0.2) is 24.3 Å². The second-order valence-electron chi connectivity index (χ2n) is 5.72. The molecule has 0 fully saturated rings.